The summed E-state index contributed by atoms with van der Waals surface area (Å²) in [7, 11) is 0. The molecule has 170 valence electrons. The molecule has 0 saturated heterocycles. The summed E-state index contributed by atoms with van der Waals surface area (Å²) in [6.07, 6.45) is 3.99. The third-order valence-corrected chi connectivity index (χ3v) is 6.04. The molecule has 0 radical (unpaired) electrons. The predicted octanol–water partition coefficient (Wildman–Crippen LogP) is 4.00. The van der Waals surface area contributed by atoms with Crippen LogP contribution in [-0.4, -0.2) is 46.6 Å². The van der Waals surface area contributed by atoms with Crippen LogP contribution in [0.15, 0.2) is 0 Å². The zero-order valence-corrected chi connectivity index (χ0v) is 18.0. The molecule has 1 rings (SSSR count). The number of hydrogen-bond donors (Lipinski definition) is 3. The van der Waals surface area contributed by atoms with Gasteiger partial charge in [0.05, 0.1) is 12.2 Å². The topological polar surface area (TPSA) is 86.6 Å². The molecule has 29 heavy (non-hydrogen) atoms. The number of ketones is 1. The summed E-state index contributed by atoms with van der Waals surface area (Å²) >= 11 is 0. The van der Waals surface area contributed by atoms with Crippen LogP contribution >= 0.6 is 0 Å². The van der Waals surface area contributed by atoms with Crippen molar-refractivity contribution in [2.45, 2.75) is 109 Å². The average molecular weight is 420 g/mol. The Hall–Kier alpha value is -1.08. The second-order valence-corrected chi connectivity index (χ2v) is 8.37. The van der Waals surface area contributed by atoms with Crippen LogP contribution in [0.4, 0.5) is 8.78 Å². The molecular weight excluding hydrogens is 380 g/mol. The molecule has 7 heteroatoms. The predicted molar refractivity (Wildman–Crippen MR) is 109 cm³/mol. The van der Waals surface area contributed by atoms with Gasteiger partial charge in [-0.2, -0.15) is 8.78 Å². The van der Waals surface area contributed by atoms with Crippen LogP contribution in [0.2, 0.25) is 0 Å². The monoisotopic (exact) mass is 419 g/mol. The Morgan fingerprint density at radius 1 is 0.931 bits per heavy atom. The molecule has 1 aliphatic rings. The number of aliphatic hydroxyl groups is 2. The number of aliphatic hydroxyl groups excluding tert-OH is 2. The standard InChI is InChI=1S/C22H39F2NO4/c1-3-5-14-22(23,24)20(28)13-12-17-16(18(26)15-19(17)27)10-8-6-7-9-11-21(29)25-4-2/h16-19,26-27H,3-15H2,1-2H3,(H,25,29)/t16-,17-,18+,19-/m1/s1. The molecule has 3 N–H and O–H groups in total. The highest BCUT2D eigenvalue weighted by molar-refractivity contribution is 5.85. The minimum atomic E-state index is -3.29. The Balaban J connectivity index is 2.39. The fourth-order valence-corrected chi connectivity index (χ4v) is 4.30. The minimum Gasteiger partial charge on any atom is -0.393 e. The van der Waals surface area contributed by atoms with Gasteiger partial charge in [0, 0.05) is 25.8 Å². The largest absolute Gasteiger partial charge is 0.393 e. The fraction of sp³-hybridized carbons (Fsp3) is 0.909. The Labute approximate surface area is 173 Å². The number of unbranched alkanes of at least 4 members (excludes halogenated alkanes) is 4. The van der Waals surface area contributed by atoms with Crippen molar-refractivity contribution in [3.63, 3.8) is 0 Å². The van der Waals surface area contributed by atoms with E-state index in [2.05, 4.69) is 5.32 Å². The Kier molecular flexibility index (Phi) is 11.9. The van der Waals surface area contributed by atoms with Crippen molar-refractivity contribution >= 4 is 11.7 Å². The molecule has 0 bridgehead atoms. The Bertz CT molecular complexity index is 501. The van der Waals surface area contributed by atoms with Crippen LogP contribution < -0.4 is 5.32 Å². The van der Waals surface area contributed by atoms with E-state index < -0.39 is 30.3 Å². The number of nitrogens with one attached hydrogen (secondary N) is 1. The maximum Gasteiger partial charge on any atom is 0.305 e. The molecule has 4 atom stereocenters. The van der Waals surface area contributed by atoms with Crippen molar-refractivity contribution < 1.29 is 28.6 Å². The van der Waals surface area contributed by atoms with Crippen LogP contribution in [0.1, 0.15) is 90.9 Å². The second kappa shape index (κ2) is 13.3. The number of hydrogen-bond acceptors (Lipinski definition) is 4. The highest BCUT2D eigenvalue weighted by Crippen LogP contribution is 2.39. The smallest absolute Gasteiger partial charge is 0.305 e. The van der Waals surface area contributed by atoms with E-state index in [4.69, 9.17) is 0 Å². The van der Waals surface area contributed by atoms with Crippen molar-refractivity contribution in [1.82, 2.24) is 5.32 Å². The number of Topliss-reactive ketones (excluding diaryl/α,β-unsaturated/α-hetero) is 1. The lowest BCUT2D eigenvalue weighted by Crippen LogP contribution is -2.30. The first-order valence-corrected chi connectivity index (χ1v) is 11.3. The molecule has 0 aliphatic heterocycles. The Morgan fingerprint density at radius 2 is 1.55 bits per heavy atom. The van der Waals surface area contributed by atoms with Gasteiger partial charge >= 0.3 is 5.92 Å². The average Bonchev–Trinajstić information content (AvgIpc) is 2.93. The van der Waals surface area contributed by atoms with Crippen molar-refractivity contribution in [2.75, 3.05) is 6.54 Å². The van der Waals surface area contributed by atoms with Gasteiger partial charge in [0.15, 0.2) is 0 Å². The molecule has 1 saturated carbocycles. The van der Waals surface area contributed by atoms with Crippen LogP contribution in [0.3, 0.4) is 0 Å². The molecule has 0 spiro atoms. The zero-order chi connectivity index (χ0) is 21.9. The number of amides is 1. The first kappa shape index (κ1) is 26.0. The van der Waals surface area contributed by atoms with Crippen molar-refractivity contribution in [1.29, 1.82) is 0 Å². The van der Waals surface area contributed by atoms with Gasteiger partial charge in [-0.25, -0.2) is 0 Å². The van der Waals surface area contributed by atoms with Gasteiger partial charge in [-0.15, -0.1) is 0 Å². The minimum absolute atomic E-state index is 0.0577. The van der Waals surface area contributed by atoms with Crippen molar-refractivity contribution in [3.8, 4) is 0 Å². The van der Waals surface area contributed by atoms with E-state index in [0.29, 0.717) is 32.2 Å². The summed E-state index contributed by atoms with van der Waals surface area (Å²) in [6, 6.07) is 0. The van der Waals surface area contributed by atoms with E-state index >= 15 is 0 Å². The van der Waals surface area contributed by atoms with Crippen molar-refractivity contribution in [2.24, 2.45) is 11.8 Å². The van der Waals surface area contributed by atoms with E-state index in [1.807, 2.05) is 6.92 Å². The van der Waals surface area contributed by atoms with Crippen LogP contribution in [0, 0.1) is 11.8 Å². The van der Waals surface area contributed by atoms with Gasteiger partial charge in [0.2, 0.25) is 11.7 Å². The SMILES string of the molecule is CCCCC(F)(F)C(=O)CC[C@@H]1[C@@H](CCCCCCC(=O)NCC)[C@@H](O)C[C@H]1O. The van der Waals surface area contributed by atoms with Crippen LogP contribution in [0.5, 0.6) is 0 Å². The van der Waals surface area contributed by atoms with E-state index in [0.717, 1.165) is 25.7 Å². The van der Waals surface area contributed by atoms with Gasteiger partial charge in [0.1, 0.15) is 0 Å². The molecule has 0 aromatic carbocycles. The summed E-state index contributed by atoms with van der Waals surface area (Å²) < 4.78 is 27.8. The summed E-state index contributed by atoms with van der Waals surface area (Å²) in [5, 5.41) is 23.3. The number of halogens is 2. The highest BCUT2D eigenvalue weighted by atomic mass is 19.3. The second-order valence-electron chi connectivity index (χ2n) is 8.37. The molecule has 0 unspecified atom stereocenters. The molecule has 1 fully saturated rings. The number of carbonyl (C=O) groups is 2. The van der Waals surface area contributed by atoms with Gasteiger partial charge in [-0.3, -0.25) is 9.59 Å². The van der Waals surface area contributed by atoms with E-state index in [9.17, 15) is 28.6 Å². The van der Waals surface area contributed by atoms with E-state index in [1.54, 1.807) is 6.92 Å². The maximum absolute atomic E-state index is 13.9. The van der Waals surface area contributed by atoms with Gasteiger partial charge in [0.25, 0.3) is 0 Å². The van der Waals surface area contributed by atoms with E-state index in [1.165, 1.54) is 0 Å². The number of carbonyl (C=O) groups excluding carboxylic acids is 2. The van der Waals surface area contributed by atoms with Crippen LogP contribution in [-0.2, 0) is 9.59 Å². The molecule has 0 aromatic rings. The third kappa shape index (κ3) is 9.08. The van der Waals surface area contributed by atoms with Gasteiger partial charge < -0.3 is 15.5 Å². The highest BCUT2D eigenvalue weighted by Gasteiger charge is 2.43. The lowest BCUT2D eigenvalue weighted by molar-refractivity contribution is -0.144. The summed E-state index contributed by atoms with van der Waals surface area (Å²) in [5.74, 6) is -4.76. The van der Waals surface area contributed by atoms with Crippen molar-refractivity contribution in [3.05, 3.63) is 0 Å². The number of alkyl halides is 2. The molecular formula is C22H39F2NO4. The van der Waals surface area contributed by atoms with Gasteiger partial charge in [-0.05, 0) is 50.9 Å². The molecule has 1 aliphatic carbocycles. The lowest BCUT2D eigenvalue weighted by Gasteiger charge is -2.24. The van der Waals surface area contributed by atoms with Gasteiger partial charge in [-0.1, -0.05) is 32.6 Å². The summed E-state index contributed by atoms with van der Waals surface area (Å²) in [4.78, 5) is 23.3. The van der Waals surface area contributed by atoms with E-state index in [-0.39, 0.29) is 37.0 Å². The summed E-state index contributed by atoms with van der Waals surface area (Å²) in [5.41, 5.74) is 0. The molecule has 0 aromatic heterocycles. The number of rotatable bonds is 15. The first-order chi connectivity index (χ1) is 13.7. The third-order valence-electron chi connectivity index (χ3n) is 6.04. The maximum atomic E-state index is 13.9. The first-order valence-electron chi connectivity index (χ1n) is 11.3. The molecule has 1 amide bonds. The Morgan fingerprint density at radius 3 is 2.17 bits per heavy atom. The zero-order valence-electron chi connectivity index (χ0n) is 18.0. The summed E-state index contributed by atoms with van der Waals surface area (Å²) in [6.45, 7) is 4.33. The molecule has 5 nitrogen and oxygen atoms in total. The molecule has 0 heterocycles. The normalized spacial score (nSPS) is 24.6. The van der Waals surface area contributed by atoms with Crippen LogP contribution in [0.25, 0.3) is 0 Å². The quantitative estimate of drug-likeness (QED) is 0.350. The lowest BCUT2D eigenvalue weighted by atomic mass is 9.84. The fourth-order valence-electron chi connectivity index (χ4n) is 4.30.